The molecule has 0 spiro atoms. The van der Waals surface area contributed by atoms with E-state index >= 15 is 0 Å². The predicted molar refractivity (Wildman–Crippen MR) is 90.7 cm³/mol. The second-order valence-corrected chi connectivity index (χ2v) is 5.76. The van der Waals surface area contributed by atoms with Crippen molar-refractivity contribution in [3.63, 3.8) is 0 Å². The Kier molecular flexibility index (Phi) is 9.49. The van der Waals surface area contributed by atoms with Crippen molar-refractivity contribution < 1.29 is 28.6 Å². The number of esters is 3. The number of ether oxygens (including phenoxy) is 3. The molecule has 25 heavy (non-hydrogen) atoms. The van der Waals surface area contributed by atoms with E-state index in [0.717, 1.165) is 5.57 Å². The molecule has 1 saturated heterocycles. The number of hydrogen-bond donors (Lipinski definition) is 2. The third-order valence-electron chi connectivity index (χ3n) is 3.25. The summed E-state index contributed by atoms with van der Waals surface area (Å²) < 4.78 is 15.0. The number of rotatable bonds is 8. The van der Waals surface area contributed by atoms with Crippen LogP contribution in [0.25, 0.3) is 0 Å². The van der Waals surface area contributed by atoms with E-state index in [1.807, 2.05) is 0 Å². The highest BCUT2D eigenvalue weighted by molar-refractivity contribution is 5.86. The van der Waals surface area contributed by atoms with Crippen molar-refractivity contribution in [3.05, 3.63) is 24.3 Å². The minimum Gasteiger partial charge on any atom is -0.462 e. The van der Waals surface area contributed by atoms with Crippen LogP contribution in [0, 0.1) is 0 Å². The van der Waals surface area contributed by atoms with Crippen LogP contribution in [0.5, 0.6) is 0 Å². The molecule has 1 aliphatic heterocycles. The highest BCUT2D eigenvalue weighted by atomic mass is 16.6. The first-order valence-corrected chi connectivity index (χ1v) is 8.14. The molecule has 0 aromatic heterocycles. The SMILES string of the molecule is C=C1CNCC(OC(=O)CCC(=O)OCCOC(=O)C(=C)C)CNC1. The van der Waals surface area contributed by atoms with Gasteiger partial charge in [0.2, 0.25) is 0 Å². The summed E-state index contributed by atoms with van der Waals surface area (Å²) in [6.07, 6.45) is -0.441. The van der Waals surface area contributed by atoms with Gasteiger partial charge >= 0.3 is 17.9 Å². The lowest BCUT2D eigenvalue weighted by atomic mass is 10.2. The van der Waals surface area contributed by atoms with E-state index in [4.69, 9.17) is 14.2 Å². The minimum absolute atomic E-state index is 0.0490. The largest absolute Gasteiger partial charge is 0.462 e. The second-order valence-electron chi connectivity index (χ2n) is 5.76. The molecule has 8 heteroatoms. The Bertz CT molecular complexity index is 505. The van der Waals surface area contributed by atoms with Crippen LogP contribution in [-0.4, -0.2) is 63.4 Å². The minimum atomic E-state index is -0.548. The summed E-state index contributed by atoms with van der Waals surface area (Å²) >= 11 is 0. The Hall–Kier alpha value is -2.19. The fraction of sp³-hybridized carbons (Fsp3) is 0.588. The summed E-state index contributed by atoms with van der Waals surface area (Å²) in [6.45, 7) is 11.1. The van der Waals surface area contributed by atoms with Gasteiger partial charge in [0, 0.05) is 31.8 Å². The summed E-state index contributed by atoms with van der Waals surface area (Å²) in [5.41, 5.74) is 1.32. The quantitative estimate of drug-likeness (QED) is 0.208. The number of hydrogen-bond acceptors (Lipinski definition) is 8. The molecule has 0 aromatic carbocycles. The van der Waals surface area contributed by atoms with Gasteiger partial charge in [-0.15, -0.1) is 0 Å². The first-order chi connectivity index (χ1) is 11.9. The van der Waals surface area contributed by atoms with Crippen molar-refractivity contribution in [2.24, 2.45) is 0 Å². The van der Waals surface area contributed by atoms with Crippen molar-refractivity contribution >= 4 is 17.9 Å². The number of nitrogens with one attached hydrogen (secondary N) is 2. The summed E-state index contributed by atoms with van der Waals surface area (Å²) in [5.74, 6) is -1.54. The van der Waals surface area contributed by atoms with Crippen molar-refractivity contribution in [1.82, 2.24) is 10.6 Å². The van der Waals surface area contributed by atoms with Gasteiger partial charge in [-0.1, -0.05) is 13.2 Å². The standard InChI is InChI=1S/C17H26N2O6/c1-12(2)17(22)24-7-6-23-15(20)4-5-16(21)25-14-10-18-8-13(3)9-19-11-14/h14,18-19H,1,3-11H2,2H3. The topological polar surface area (TPSA) is 103 Å². The first-order valence-electron chi connectivity index (χ1n) is 8.14. The molecule has 2 N–H and O–H groups in total. The lowest BCUT2D eigenvalue weighted by molar-refractivity contribution is -0.155. The van der Waals surface area contributed by atoms with Gasteiger partial charge in [-0.2, -0.15) is 0 Å². The van der Waals surface area contributed by atoms with Crippen LogP contribution in [0.2, 0.25) is 0 Å². The van der Waals surface area contributed by atoms with Crippen LogP contribution < -0.4 is 10.6 Å². The number of carbonyl (C=O) groups is 3. The summed E-state index contributed by atoms with van der Waals surface area (Å²) in [4.78, 5) is 34.4. The molecule has 0 atom stereocenters. The maximum Gasteiger partial charge on any atom is 0.333 e. The molecule has 0 saturated carbocycles. The molecule has 1 fully saturated rings. The third-order valence-corrected chi connectivity index (χ3v) is 3.25. The Morgan fingerprint density at radius 3 is 2.20 bits per heavy atom. The van der Waals surface area contributed by atoms with Gasteiger partial charge in [-0.3, -0.25) is 9.59 Å². The van der Waals surface area contributed by atoms with Crippen molar-refractivity contribution in [2.75, 3.05) is 39.4 Å². The zero-order valence-corrected chi connectivity index (χ0v) is 14.6. The molecule has 1 aliphatic rings. The lowest BCUT2D eigenvalue weighted by Gasteiger charge is -2.22. The molecule has 0 aromatic rings. The van der Waals surface area contributed by atoms with Crippen molar-refractivity contribution in [1.29, 1.82) is 0 Å². The van der Waals surface area contributed by atoms with Crippen molar-refractivity contribution in [2.45, 2.75) is 25.9 Å². The average Bonchev–Trinajstić information content (AvgIpc) is 2.54. The van der Waals surface area contributed by atoms with Gasteiger partial charge in [0.1, 0.15) is 19.3 Å². The van der Waals surface area contributed by atoms with Gasteiger partial charge in [-0.25, -0.2) is 4.79 Å². The maximum absolute atomic E-state index is 11.8. The van der Waals surface area contributed by atoms with Gasteiger partial charge in [0.25, 0.3) is 0 Å². The van der Waals surface area contributed by atoms with Crippen LogP contribution in [0.15, 0.2) is 24.3 Å². The van der Waals surface area contributed by atoms with Crippen molar-refractivity contribution in [3.8, 4) is 0 Å². The highest BCUT2D eigenvalue weighted by Gasteiger charge is 2.17. The molecule has 0 aliphatic carbocycles. The molecule has 0 unspecified atom stereocenters. The van der Waals surface area contributed by atoms with E-state index in [1.165, 1.54) is 6.92 Å². The van der Waals surface area contributed by atoms with E-state index in [2.05, 4.69) is 23.8 Å². The van der Waals surface area contributed by atoms with Gasteiger partial charge in [-0.05, 0) is 12.5 Å². The summed E-state index contributed by atoms with van der Waals surface area (Å²) in [5, 5.41) is 6.31. The van der Waals surface area contributed by atoms with E-state index in [0.29, 0.717) is 26.2 Å². The predicted octanol–water partition coefficient (Wildman–Crippen LogP) is 0.0899. The Morgan fingerprint density at radius 1 is 1.04 bits per heavy atom. The van der Waals surface area contributed by atoms with Crippen LogP contribution in [0.1, 0.15) is 19.8 Å². The molecule has 1 heterocycles. The van der Waals surface area contributed by atoms with Gasteiger partial charge in [0.15, 0.2) is 0 Å². The van der Waals surface area contributed by atoms with Crippen LogP contribution >= 0.6 is 0 Å². The normalized spacial score (nSPS) is 15.6. The molecule has 0 amide bonds. The molecular formula is C17H26N2O6. The molecule has 8 nitrogen and oxygen atoms in total. The molecule has 1 rings (SSSR count). The molecular weight excluding hydrogens is 328 g/mol. The van der Waals surface area contributed by atoms with Gasteiger partial charge < -0.3 is 24.8 Å². The smallest absolute Gasteiger partial charge is 0.333 e. The monoisotopic (exact) mass is 354 g/mol. The van der Waals surface area contributed by atoms with Crippen LogP contribution in [0.3, 0.4) is 0 Å². The lowest BCUT2D eigenvalue weighted by Crippen LogP contribution is -2.43. The molecule has 140 valence electrons. The van der Waals surface area contributed by atoms with Crippen LogP contribution in [-0.2, 0) is 28.6 Å². The zero-order valence-electron chi connectivity index (χ0n) is 14.6. The van der Waals surface area contributed by atoms with E-state index in [1.54, 1.807) is 0 Å². The second kappa shape index (κ2) is 11.4. The van der Waals surface area contributed by atoms with E-state index in [-0.39, 0.29) is 37.7 Å². The van der Waals surface area contributed by atoms with Gasteiger partial charge in [0.05, 0.1) is 12.8 Å². The Morgan fingerprint density at radius 2 is 1.60 bits per heavy atom. The highest BCUT2D eigenvalue weighted by Crippen LogP contribution is 2.01. The van der Waals surface area contributed by atoms with E-state index in [9.17, 15) is 14.4 Å². The van der Waals surface area contributed by atoms with E-state index < -0.39 is 17.9 Å². The fourth-order valence-electron chi connectivity index (χ4n) is 1.97. The summed E-state index contributed by atoms with van der Waals surface area (Å²) in [7, 11) is 0. The Labute approximate surface area is 147 Å². The Balaban J connectivity index is 2.14. The van der Waals surface area contributed by atoms with Crippen LogP contribution in [0.4, 0.5) is 0 Å². The molecule has 0 radical (unpaired) electrons. The molecule has 0 bridgehead atoms. The first kappa shape index (κ1) is 20.9. The fourth-order valence-corrected chi connectivity index (χ4v) is 1.97. The average molecular weight is 354 g/mol. The third kappa shape index (κ3) is 9.63. The zero-order chi connectivity index (χ0) is 18.7. The number of carbonyl (C=O) groups excluding carboxylic acids is 3. The maximum atomic E-state index is 11.8. The summed E-state index contributed by atoms with van der Waals surface area (Å²) in [6, 6.07) is 0.